The minimum atomic E-state index is -0.700. The molecule has 2 amide bonds. The molecule has 12 nitrogen and oxygen atoms in total. The van der Waals surface area contributed by atoms with Gasteiger partial charge >= 0.3 is 11.8 Å². The van der Waals surface area contributed by atoms with Gasteiger partial charge in [-0.15, -0.1) is 0 Å². The van der Waals surface area contributed by atoms with Gasteiger partial charge in [-0.25, -0.2) is 9.97 Å². The Balaban J connectivity index is 1.18. The van der Waals surface area contributed by atoms with E-state index in [2.05, 4.69) is 30.7 Å². The van der Waals surface area contributed by atoms with Crippen LogP contribution in [0, 0.1) is 13.8 Å². The number of nitrogens with one attached hydrogen (secondary N) is 3. The molecule has 1 fully saturated rings. The largest absolute Gasteiger partial charge is 0.488 e. The van der Waals surface area contributed by atoms with Crippen LogP contribution in [0.4, 0.5) is 17.5 Å². The molecule has 4 aromatic heterocycles. The van der Waals surface area contributed by atoms with Crippen LogP contribution in [0.2, 0.25) is 0 Å². The van der Waals surface area contributed by atoms with E-state index < -0.39 is 11.8 Å². The Bertz CT molecular complexity index is 1730. The number of hydrogen-bond donors (Lipinski definition) is 3. The Labute approximate surface area is 235 Å². The van der Waals surface area contributed by atoms with Crippen LogP contribution in [0.3, 0.4) is 0 Å². The highest BCUT2D eigenvalue weighted by Gasteiger charge is 2.31. The number of amides is 2. The number of carbonyl (C=O) groups is 2. The summed E-state index contributed by atoms with van der Waals surface area (Å²) in [4.78, 5) is 43.9. The van der Waals surface area contributed by atoms with Gasteiger partial charge in [0.25, 0.3) is 0 Å². The van der Waals surface area contributed by atoms with Gasteiger partial charge in [0.05, 0.1) is 23.4 Å². The van der Waals surface area contributed by atoms with Gasteiger partial charge in [0.2, 0.25) is 5.95 Å². The van der Waals surface area contributed by atoms with Crippen molar-refractivity contribution in [1.29, 1.82) is 0 Å². The average Bonchev–Trinajstić information content (AvgIpc) is 3.69. The summed E-state index contributed by atoms with van der Waals surface area (Å²) in [6, 6.07) is 11.0. The summed E-state index contributed by atoms with van der Waals surface area (Å²) in [5, 5.41) is 11.2. The summed E-state index contributed by atoms with van der Waals surface area (Å²) in [6.07, 6.45) is 7.36. The number of pyridine rings is 1. The highest BCUT2D eigenvalue weighted by Crippen LogP contribution is 2.33. The van der Waals surface area contributed by atoms with E-state index in [9.17, 15) is 9.59 Å². The maximum atomic E-state index is 13.0. The molecule has 41 heavy (non-hydrogen) atoms. The second kappa shape index (κ2) is 10.7. The van der Waals surface area contributed by atoms with Gasteiger partial charge in [-0.2, -0.15) is 5.10 Å². The molecule has 3 N–H and O–H groups in total. The summed E-state index contributed by atoms with van der Waals surface area (Å²) >= 11 is 0. The summed E-state index contributed by atoms with van der Waals surface area (Å²) in [7, 11) is 1.87. The van der Waals surface area contributed by atoms with Crippen LogP contribution in [-0.4, -0.2) is 65.6 Å². The summed E-state index contributed by atoms with van der Waals surface area (Å²) in [5.74, 6) is 0.466. The molecule has 1 unspecified atom stereocenters. The number of aromatic amines is 1. The van der Waals surface area contributed by atoms with E-state index >= 15 is 0 Å². The number of rotatable bonds is 6. The molecule has 6 rings (SSSR count). The number of benzene rings is 1. The molecule has 0 spiro atoms. The molecule has 5 aromatic rings. The predicted octanol–water partition coefficient (Wildman–Crippen LogP) is 3.73. The number of hydrogen-bond acceptors (Lipinski definition) is 8. The van der Waals surface area contributed by atoms with Crippen LogP contribution in [-0.2, 0) is 16.6 Å². The number of nitrogens with zero attached hydrogens (tertiary/aromatic N) is 6. The first kappa shape index (κ1) is 26.0. The van der Waals surface area contributed by atoms with Crippen molar-refractivity contribution in [1.82, 2.24) is 34.6 Å². The molecular formula is C29H29N9O3. The molecule has 0 bridgehead atoms. The third kappa shape index (κ3) is 5.31. The van der Waals surface area contributed by atoms with Crippen LogP contribution in [0.1, 0.15) is 17.7 Å². The lowest BCUT2D eigenvalue weighted by molar-refractivity contribution is -0.142. The fourth-order valence-electron chi connectivity index (χ4n) is 4.90. The molecule has 0 aliphatic carbocycles. The number of H-pyrrole nitrogens is 1. The van der Waals surface area contributed by atoms with Gasteiger partial charge in [-0.05, 0) is 37.6 Å². The first-order valence-corrected chi connectivity index (χ1v) is 13.2. The Morgan fingerprint density at radius 3 is 2.76 bits per heavy atom. The second-order valence-corrected chi connectivity index (χ2v) is 9.99. The van der Waals surface area contributed by atoms with Crippen LogP contribution < -0.4 is 15.4 Å². The Morgan fingerprint density at radius 2 is 1.98 bits per heavy atom. The number of aryl methyl sites for hydroxylation is 3. The normalized spacial score (nSPS) is 14.8. The lowest BCUT2D eigenvalue weighted by Crippen LogP contribution is -2.39. The minimum Gasteiger partial charge on any atom is -0.488 e. The van der Waals surface area contributed by atoms with Crippen molar-refractivity contribution < 1.29 is 14.3 Å². The summed E-state index contributed by atoms with van der Waals surface area (Å²) in [6.45, 7) is 4.69. The number of fused-ring (bicyclic) bond motifs is 1. The van der Waals surface area contributed by atoms with E-state index in [1.54, 1.807) is 41.5 Å². The van der Waals surface area contributed by atoms with Crippen molar-refractivity contribution in [3.8, 4) is 17.0 Å². The van der Waals surface area contributed by atoms with E-state index in [1.165, 1.54) is 4.90 Å². The third-order valence-corrected chi connectivity index (χ3v) is 7.12. The molecule has 1 aliphatic heterocycles. The topological polar surface area (TPSA) is 143 Å². The Hall–Kier alpha value is -5.26. The van der Waals surface area contributed by atoms with Gasteiger partial charge in [0.15, 0.2) is 5.82 Å². The second-order valence-electron chi connectivity index (χ2n) is 9.99. The molecule has 0 radical (unpaired) electrons. The maximum absolute atomic E-state index is 13.0. The van der Waals surface area contributed by atoms with Crippen molar-refractivity contribution in [3.63, 3.8) is 0 Å². The number of likely N-dealkylation sites (tertiary alicyclic amines) is 1. The Morgan fingerprint density at radius 1 is 1.15 bits per heavy atom. The highest BCUT2D eigenvalue weighted by atomic mass is 16.5. The molecule has 1 atom stereocenters. The smallest absolute Gasteiger partial charge is 0.313 e. The van der Waals surface area contributed by atoms with Crippen LogP contribution >= 0.6 is 0 Å². The van der Waals surface area contributed by atoms with Crippen LogP contribution in [0.15, 0.2) is 61.2 Å². The number of ether oxygens (including phenoxy) is 1. The summed E-state index contributed by atoms with van der Waals surface area (Å²) < 4.78 is 7.70. The van der Waals surface area contributed by atoms with Crippen LogP contribution in [0.5, 0.6) is 5.75 Å². The standard InChI is InChI=1S/C29H29N9O3/c1-17-14-32-29(34-24-13-18(2)37(3)36-24)35-25(17)22-15-31-26-21(22)5-4-6-23(26)33-27(39)28(40)38-12-9-20(16-38)41-19-7-10-30-11-8-19/h4-8,10-11,13-15,20,31H,9,12,16H2,1-3H3,(H,33,39)(H,32,34,35,36). The van der Waals surface area contributed by atoms with Gasteiger partial charge in [0, 0.05) is 67.5 Å². The molecule has 12 heteroatoms. The minimum absolute atomic E-state index is 0.180. The zero-order chi connectivity index (χ0) is 28.5. The molecule has 5 heterocycles. The van der Waals surface area contributed by atoms with Crippen molar-refractivity contribution in [3.05, 3.63) is 72.4 Å². The lowest BCUT2D eigenvalue weighted by Gasteiger charge is -2.17. The molecule has 1 aromatic carbocycles. The molecule has 208 valence electrons. The van der Waals surface area contributed by atoms with Gasteiger partial charge in [0.1, 0.15) is 11.9 Å². The highest BCUT2D eigenvalue weighted by molar-refractivity contribution is 6.40. The zero-order valence-electron chi connectivity index (χ0n) is 22.9. The third-order valence-electron chi connectivity index (χ3n) is 7.12. The number of anilines is 3. The predicted molar refractivity (Wildman–Crippen MR) is 154 cm³/mol. The van der Waals surface area contributed by atoms with E-state index in [0.29, 0.717) is 48.2 Å². The molecule has 1 aliphatic rings. The fraction of sp³-hybridized carbons (Fsp3) is 0.241. The van der Waals surface area contributed by atoms with Gasteiger partial charge in [-0.1, -0.05) is 12.1 Å². The van der Waals surface area contributed by atoms with Crippen LogP contribution in [0.25, 0.3) is 22.2 Å². The van der Waals surface area contributed by atoms with E-state index in [-0.39, 0.29) is 6.10 Å². The van der Waals surface area contributed by atoms with Gasteiger partial charge in [-0.3, -0.25) is 19.3 Å². The van der Waals surface area contributed by atoms with E-state index in [4.69, 9.17) is 9.72 Å². The number of aromatic nitrogens is 6. The zero-order valence-corrected chi connectivity index (χ0v) is 22.9. The van der Waals surface area contributed by atoms with E-state index in [0.717, 1.165) is 27.9 Å². The quantitative estimate of drug-likeness (QED) is 0.271. The monoisotopic (exact) mass is 551 g/mol. The van der Waals surface area contributed by atoms with Gasteiger partial charge < -0.3 is 25.3 Å². The molecular weight excluding hydrogens is 522 g/mol. The first-order valence-electron chi connectivity index (χ1n) is 13.2. The van der Waals surface area contributed by atoms with E-state index in [1.807, 2.05) is 45.3 Å². The average molecular weight is 552 g/mol. The summed E-state index contributed by atoms with van der Waals surface area (Å²) in [5.41, 5.74) is 4.67. The molecule has 1 saturated heterocycles. The Kier molecular flexibility index (Phi) is 6.79. The maximum Gasteiger partial charge on any atom is 0.313 e. The van der Waals surface area contributed by atoms with Crippen molar-refractivity contribution in [2.45, 2.75) is 26.4 Å². The SMILES string of the molecule is Cc1cnc(Nc2cc(C)n(C)n2)nc1-c1c[nH]c2c(NC(=O)C(=O)N3CCC(Oc4ccncc4)C3)cccc12. The lowest BCUT2D eigenvalue weighted by atomic mass is 10.1. The number of carbonyl (C=O) groups excluding carboxylic acids is 2. The fourth-order valence-corrected chi connectivity index (χ4v) is 4.90. The molecule has 0 saturated carbocycles. The number of para-hydroxylation sites is 1. The first-order chi connectivity index (χ1) is 19.9. The van der Waals surface area contributed by atoms with Crippen molar-refractivity contribution in [2.24, 2.45) is 7.05 Å². The van der Waals surface area contributed by atoms with Crippen molar-refractivity contribution >= 4 is 40.2 Å². The van der Waals surface area contributed by atoms with Crippen molar-refractivity contribution in [2.75, 3.05) is 23.7 Å².